The smallest absolute Gasteiger partial charge is 0.273 e. The van der Waals surface area contributed by atoms with Gasteiger partial charge in [0, 0.05) is 35.0 Å². The summed E-state index contributed by atoms with van der Waals surface area (Å²) in [5.41, 5.74) is 2.47. The largest absolute Gasteiger partial charge is 0.339 e. The molecule has 1 saturated heterocycles. The van der Waals surface area contributed by atoms with Gasteiger partial charge < -0.3 is 9.42 Å². The van der Waals surface area contributed by atoms with Crippen molar-refractivity contribution in [3.63, 3.8) is 0 Å². The van der Waals surface area contributed by atoms with E-state index < -0.39 is 0 Å². The number of likely N-dealkylation sites (tertiary alicyclic amines) is 1. The fourth-order valence-electron chi connectivity index (χ4n) is 2.96. The lowest BCUT2D eigenvalue weighted by Gasteiger charge is -2.36. The molecule has 4 aromatic rings. The second-order valence-electron chi connectivity index (χ2n) is 6.28. The van der Waals surface area contributed by atoms with Gasteiger partial charge in [-0.2, -0.15) is 16.3 Å². The molecule has 0 unspecified atom stereocenters. The molecule has 0 bridgehead atoms. The number of thiophene rings is 1. The van der Waals surface area contributed by atoms with E-state index in [0.29, 0.717) is 30.5 Å². The summed E-state index contributed by atoms with van der Waals surface area (Å²) >= 11 is 3.08. The molecule has 0 saturated carbocycles. The van der Waals surface area contributed by atoms with Crippen LogP contribution in [0.5, 0.6) is 0 Å². The number of thiazole rings is 1. The summed E-state index contributed by atoms with van der Waals surface area (Å²) in [5, 5.41) is 10.7. The topological polar surface area (TPSA) is 72.1 Å². The van der Waals surface area contributed by atoms with Crippen molar-refractivity contribution in [1.82, 2.24) is 20.0 Å². The van der Waals surface area contributed by atoms with Gasteiger partial charge in [-0.05, 0) is 11.4 Å². The monoisotopic (exact) mass is 394 g/mol. The molecule has 6 nitrogen and oxygen atoms in total. The van der Waals surface area contributed by atoms with Crippen LogP contribution in [0.2, 0.25) is 0 Å². The highest BCUT2D eigenvalue weighted by Crippen LogP contribution is 2.30. The minimum Gasteiger partial charge on any atom is -0.339 e. The Balaban J connectivity index is 1.25. The van der Waals surface area contributed by atoms with Crippen molar-refractivity contribution in [2.24, 2.45) is 0 Å². The summed E-state index contributed by atoms with van der Waals surface area (Å²) < 4.78 is 5.38. The molecule has 27 heavy (non-hydrogen) atoms. The van der Waals surface area contributed by atoms with Crippen molar-refractivity contribution in [3.8, 4) is 22.0 Å². The number of benzene rings is 1. The van der Waals surface area contributed by atoms with Crippen LogP contribution in [-0.2, 0) is 0 Å². The summed E-state index contributed by atoms with van der Waals surface area (Å²) in [5.74, 6) is 1.22. The maximum atomic E-state index is 12.6. The van der Waals surface area contributed by atoms with Gasteiger partial charge in [0.1, 0.15) is 10.7 Å². The van der Waals surface area contributed by atoms with Gasteiger partial charge in [-0.15, -0.1) is 11.3 Å². The van der Waals surface area contributed by atoms with Gasteiger partial charge in [-0.3, -0.25) is 4.79 Å². The summed E-state index contributed by atoms with van der Waals surface area (Å²) in [6.45, 7) is 1.14. The van der Waals surface area contributed by atoms with Crippen molar-refractivity contribution < 1.29 is 9.32 Å². The second-order valence-corrected chi connectivity index (χ2v) is 7.92. The van der Waals surface area contributed by atoms with Crippen molar-refractivity contribution in [1.29, 1.82) is 0 Å². The lowest BCUT2D eigenvalue weighted by Crippen LogP contribution is -2.48. The van der Waals surface area contributed by atoms with Crippen LogP contribution < -0.4 is 0 Å². The zero-order valence-electron chi connectivity index (χ0n) is 14.1. The predicted molar refractivity (Wildman–Crippen MR) is 104 cm³/mol. The zero-order chi connectivity index (χ0) is 18.2. The van der Waals surface area contributed by atoms with Gasteiger partial charge in [-0.1, -0.05) is 35.5 Å². The molecular formula is C19H14N4O2S2. The minimum atomic E-state index is -0.0535. The summed E-state index contributed by atoms with van der Waals surface area (Å²) in [4.78, 5) is 23.4. The van der Waals surface area contributed by atoms with Gasteiger partial charge in [-0.25, -0.2) is 4.98 Å². The SMILES string of the molecule is O=C(c1csc(-c2ccccc2)n1)N1CC(c2nc(-c3ccsc3)no2)C1. The quantitative estimate of drug-likeness (QED) is 0.520. The molecule has 0 aliphatic carbocycles. The molecule has 1 aromatic carbocycles. The van der Waals surface area contributed by atoms with E-state index >= 15 is 0 Å². The molecule has 1 fully saturated rings. The van der Waals surface area contributed by atoms with Crippen molar-refractivity contribution in [3.05, 3.63) is 64.1 Å². The first-order valence-electron chi connectivity index (χ1n) is 8.44. The Bertz CT molecular complexity index is 1070. The third-order valence-electron chi connectivity index (χ3n) is 4.48. The highest BCUT2D eigenvalue weighted by atomic mass is 32.1. The fraction of sp³-hybridized carbons (Fsp3) is 0.158. The zero-order valence-corrected chi connectivity index (χ0v) is 15.7. The summed E-state index contributed by atoms with van der Waals surface area (Å²) in [6, 6.07) is 11.8. The molecule has 3 aromatic heterocycles. The summed E-state index contributed by atoms with van der Waals surface area (Å²) in [6.07, 6.45) is 0. The van der Waals surface area contributed by atoms with E-state index in [0.717, 1.165) is 16.1 Å². The predicted octanol–water partition coefficient (Wildman–Crippen LogP) is 4.16. The second kappa shape index (κ2) is 6.71. The molecule has 5 rings (SSSR count). The third-order valence-corrected chi connectivity index (χ3v) is 6.06. The van der Waals surface area contributed by atoms with E-state index in [1.165, 1.54) is 11.3 Å². The summed E-state index contributed by atoms with van der Waals surface area (Å²) in [7, 11) is 0. The van der Waals surface area contributed by atoms with E-state index in [1.54, 1.807) is 16.2 Å². The molecule has 8 heteroatoms. The molecule has 4 heterocycles. The van der Waals surface area contributed by atoms with Gasteiger partial charge in [0.25, 0.3) is 5.91 Å². The van der Waals surface area contributed by atoms with Crippen molar-refractivity contribution >= 4 is 28.6 Å². The molecular weight excluding hydrogens is 380 g/mol. The Labute approximate surface area is 163 Å². The Morgan fingerprint density at radius 1 is 1.07 bits per heavy atom. The van der Waals surface area contributed by atoms with Crippen LogP contribution in [0.3, 0.4) is 0 Å². The van der Waals surface area contributed by atoms with Crippen LogP contribution in [0.4, 0.5) is 0 Å². The molecule has 0 atom stereocenters. The van der Waals surface area contributed by atoms with Crippen LogP contribution >= 0.6 is 22.7 Å². The molecule has 1 amide bonds. The van der Waals surface area contributed by atoms with Gasteiger partial charge in [0.05, 0.1) is 5.92 Å². The van der Waals surface area contributed by atoms with Crippen LogP contribution in [0.25, 0.3) is 22.0 Å². The maximum absolute atomic E-state index is 12.6. The Morgan fingerprint density at radius 2 is 1.93 bits per heavy atom. The number of amides is 1. The van der Waals surface area contributed by atoms with Gasteiger partial charge in [0.15, 0.2) is 0 Å². The average Bonchev–Trinajstić information content (AvgIpc) is 3.41. The Hall–Kier alpha value is -2.84. The minimum absolute atomic E-state index is 0.0535. The van der Waals surface area contributed by atoms with E-state index in [2.05, 4.69) is 15.1 Å². The van der Waals surface area contributed by atoms with Crippen LogP contribution in [-0.4, -0.2) is 39.0 Å². The Morgan fingerprint density at radius 3 is 2.70 bits per heavy atom. The number of hydrogen-bond acceptors (Lipinski definition) is 7. The van der Waals surface area contributed by atoms with E-state index in [4.69, 9.17) is 4.52 Å². The first kappa shape index (κ1) is 16.3. The third kappa shape index (κ3) is 3.07. The van der Waals surface area contributed by atoms with Crippen LogP contribution in [0, 0.1) is 0 Å². The fourth-order valence-corrected chi connectivity index (χ4v) is 4.39. The number of nitrogens with zero attached hydrogens (tertiary/aromatic N) is 4. The normalized spacial score (nSPS) is 14.3. The first-order valence-corrected chi connectivity index (χ1v) is 10.3. The van der Waals surface area contributed by atoms with E-state index in [1.807, 2.05) is 52.5 Å². The average molecular weight is 394 g/mol. The first-order chi connectivity index (χ1) is 13.3. The number of hydrogen-bond donors (Lipinski definition) is 0. The Kier molecular flexibility index (Phi) is 4.06. The highest BCUT2D eigenvalue weighted by Gasteiger charge is 2.36. The molecule has 0 spiro atoms. The molecule has 0 N–H and O–H groups in total. The standard InChI is InChI=1S/C19H14N4O2S2/c24-19(15-11-27-18(20-15)12-4-2-1-3-5-12)23-8-14(9-23)17-21-16(22-25-17)13-6-7-26-10-13/h1-7,10-11,14H,8-9H2. The van der Waals surface area contributed by atoms with Gasteiger partial charge >= 0.3 is 0 Å². The van der Waals surface area contributed by atoms with E-state index in [-0.39, 0.29) is 11.8 Å². The van der Waals surface area contributed by atoms with Crippen molar-refractivity contribution in [2.75, 3.05) is 13.1 Å². The van der Waals surface area contributed by atoms with Crippen LogP contribution in [0.1, 0.15) is 22.3 Å². The maximum Gasteiger partial charge on any atom is 0.273 e. The lowest BCUT2D eigenvalue weighted by molar-refractivity contribution is 0.0564. The molecule has 1 aliphatic heterocycles. The molecule has 1 aliphatic rings. The highest BCUT2D eigenvalue weighted by molar-refractivity contribution is 7.13. The molecule has 0 radical (unpaired) electrons. The molecule has 134 valence electrons. The number of carbonyl (C=O) groups excluding carboxylic acids is 1. The lowest BCUT2D eigenvalue weighted by atomic mass is 10.00. The number of aromatic nitrogens is 3. The number of carbonyl (C=O) groups is 1. The number of rotatable bonds is 4. The van der Waals surface area contributed by atoms with E-state index in [9.17, 15) is 4.79 Å². The van der Waals surface area contributed by atoms with Gasteiger partial charge in [0.2, 0.25) is 11.7 Å². The van der Waals surface area contributed by atoms with Crippen molar-refractivity contribution in [2.45, 2.75) is 5.92 Å². The van der Waals surface area contributed by atoms with Crippen LogP contribution in [0.15, 0.2) is 57.1 Å².